The van der Waals surface area contributed by atoms with Gasteiger partial charge in [-0.15, -0.1) is 0 Å². The molecule has 0 saturated heterocycles. The van der Waals surface area contributed by atoms with E-state index in [0.29, 0.717) is 5.82 Å². The summed E-state index contributed by atoms with van der Waals surface area (Å²) in [5, 5.41) is 10.7. The van der Waals surface area contributed by atoms with Crippen molar-refractivity contribution in [3.05, 3.63) is 205 Å². The third-order valence-corrected chi connectivity index (χ3v) is 10.2. The molecule has 7 N–H and O–H groups in total. The van der Waals surface area contributed by atoms with Crippen LogP contribution in [0.25, 0.3) is 65.9 Å². The lowest BCUT2D eigenvalue weighted by Crippen LogP contribution is -2.28. The van der Waals surface area contributed by atoms with E-state index in [-0.39, 0.29) is 6.17 Å². The van der Waals surface area contributed by atoms with Gasteiger partial charge < -0.3 is 21.8 Å². The molecule has 0 aliphatic heterocycles. The third-order valence-electron chi connectivity index (χ3n) is 10.2. The van der Waals surface area contributed by atoms with Gasteiger partial charge in [0.2, 0.25) is 0 Å². The minimum atomic E-state index is -0.110. The summed E-state index contributed by atoms with van der Waals surface area (Å²) in [6.07, 6.45) is 11.0. The molecule has 304 valence electrons. The van der Waals surface area contributed by atoms with Gasteiger partial charge in [-0.05, 0) is 79.7 Å². The highest BCUT2D eigenvalue weighted by Gasteiger charge is 2.19. The Bertz CT molecular complexity index is 2830. The maximum Gasteiger partial charge on any atom is 0.108 e. The van der Waals surface area contributed by atoms with Crippen molar-refractivity contribution in [2.45, 2.75) is 46.8 Å². The summed E-state index contributed by atoms with van der Waals surface area (Å²) >= 11 is 0. The fraction of sp³-hybridized carbons (Fsp3) is 0.148. The lowest BCUT2D eigenvalue weighted by atomic mass is 10.0. The second-order valence-electron chi connectivity index (χ2n) is 14.4. The van der Waals surface area contributed by atoms with Crippen molar-refractivity contribution >= 4 is 60.2 Å². The smallest absolute Gasteiger partial charge is 0.108 e. The first-order chi connectivity index (χ1) is 29.4. The molecule has 0 radical (unpaired) electrons. The first-order valence-corrected chi connectivity index (χ1v) is 20.9. The van der Waals surface area contributed by atoms with Gasteiger partial charge in [0, 0.05) is 39.2 Å². The van der Waals surface area contributed by atoms with Crippen LogP contribution in [-0.4, -0.2) is 15.7 Å². The number of hydrogen-bond donors (Lipinski definition) is 4. The molecule has 1 unspecified atom stereocenters. The summed E-state index contributed by atoms with van der Waals surface area (Å²) in [5.41, 5.74) is 25.7. The zero-order chi connectivity index (χ0) is 42.3. The van der Waals surface area contributed by atoms with Crippen molar-refractivity contribution in [1.82, 2.24) is 14.5 Å². The van der Waals surface area contributed by atoms with Crippen LogP contribution in [0, 0.1) is 0 Å². The third kappa shape index (κ3) is 9.76. The molecule has 0 fully saturated rings. The molecule has 2 aromatic heterocycles. The lowest BCUT2D eigenvalue weighted by Gasteiger charge is -2.14. The Hall–Kier alpha value is -6.70. The highest BCUT2D eigenvalue weighted by molar-refractivity contribution is 6.23. The predicted octanol–water partition coefficient (Wildman–Crippen LogP) is 12.7. The number of nitrogens with zero attached hydrogens (tertiary/aromatic N) is 2. The van der Waals surface area contributed by atoms with E-state index < -0.39 is 0 Å². The van der Waals surface area contributed by atoms with Gasteiger partial charge in [0.1, 0.15) is 5.82 Å². The van der Waals surface area contributed by atoms with Gasteiger partial charge in [-0.25, -0.2) is 0 Å². The monoisotopic (exact) mass is 790 g/mol. The van der Waals surface area contributed by atoms with Crippen LogP contribution in [0.3, 0.4) is 0 Å². The van der Waals surface area contributed by atoms with E-state index in [1.807, 2.05) is 93.6 Å². The number of fused-ring (bicyclic) bond motifs is 8. The van der Waals surface area contributed by atoms with E-state index in [2.05, 4.69) is 143 Å². The van der Waals surface area contributed by atoms with Gasteiger partial charge in [-0.3, -0.25) is 9.88 Å². The van der Waals surface area contributed by atoms with E-state index in [4.69, 9.17) is 17.2 Å². The summed E-state index contributed by atoms with van der Waals surface area (Å²) in [5.74, 6) is 0.711. The Morgan fingerprint density at radius 1 is 0.617 bits per heavy atom. The summed E-state index contributed by atoms with van der Waals surface area (Å²) in [6.45, 7) is 9.57. The average Bonchev–Trinajstić information content (AvgIpc) is 3.81. The minimum Gasteiger partial charge on any atom is -0.385 e. The highest BCUT2D eigenvalue weighted by atomic mass is 15.1. The van der Waals surface area contributed by atoms with Crippen LogP contribution in [-0.2, 0) is 6.54 Å². The molecule has 0 spiro atoms. The number of rotatable bonds is 8. The van der Waals surface area contributed by atoms with Crippen molar-refractivity contribution in [2.75, 3.05) is 6.54 Å². The van der Waals surface area contributed by atoms with E-state index >= 15 is 0 Å². The molecule has 2 heterocycles. The van der Waals surface area contributed by atoms with Crippen molar-refractivity contribution in [3.8, 4) is 5.69 Å². The second-order valence-corrected chi connectivity index (χ2v) is 14.4. The molecule has 0 bridgehead atoms. The normalized spacial score (nSPS) is 12.1. The summed E-state index contributed by atoms with van der Waals surface area (Å²) in [4.78, 5) is 0. The highest BCUT2D eigenvalue weighted by Crippen LogP contribution is 2.41. The molecule has 9 aromatic rings. The summed E-state index contributed by atoms with van der Waals surface area (Å²) < 4.78 is 4.60. The van der Waals surface area contributed by atoms with Crippen LogP contribution in [0.4, 0.5) is 0 Å². The molecule has 1 atom stereocenters. The fourth-order valence-corrected chi connectivity index (χ4v) is 7.34. The first kappa shape index (κ1) is 42.9. The molecule has 0 aliphatic carbocycles. The van der Waals surface area contributed by atoms with E-state index in [1.165, 1.54) is 48.9 Å². The Morgan fingerprint density at radius 3 is 1.87 bits per heavy atom. The molecule has 9 rings (SSSR count). The Morgan fingerprint density at radius 2 is 1.20 bits per heavy atom. The Balaban J connectivity index is 0.000000218. The molecular weight excluding hydrogens is 733 g/mol. The van der Waals surface area contributed by atoms with Crippen LogP contribution in [0.15, 0.2) is 194 Å². The molecule has 0 saturated carbocycles. The Labute approximate surface area is 354 Å². The van der Waals surface area contributed by atoms with Gasteiger partial charge in [-0.2, -0.15) is 0 Å². The number of hydrogen-bond acceptors (Lipinski definition) is 4. The van der Waals surface area contributed by atoms with E-state index in [1.54, 1.807) is 0 Å². The second kappa shape index (κ2) is 21.3. The molecule has 7 aromatic carbocycles. The van der Waals surface area contributed by atoms with Crippen LogP contribution >= 0.6 is 0 Å². The van der Waals surface area contributed by atoms with Crippen molar-refractivity contribution in [2.24, 2.45) is 17.2 Å². The number of aromatic nitrogens is 2. The van der Waals surface area contributed by atoms with Crippen LogP contribution in [0.2, 0.25) is 0 Å². The van der Waals surface area contributed by atoms with Gasteiger partial charge >= 0.3 is 0 Å². The van der Waals surface area contributed by atoms with Crippen molar-refractivity contribution in [3.63, 3.8) is 0 Å². The zero-order valence-electron chi connectivity index (χ0n) is 35.3. The summed E-state index contributed by atoms with van der Waals surface area (Å²) in [6, 6.07) is 57.3. The molecule has 0 aliphatic rings. The number of para-hydroxylation sites is 2. The van der Waals surface area contributed by atoms with Gasteiger partial charge in [0.05, 0.1) is 28.2 Å². The molecule has 6 nitrogen and oxygen atoms in total. The van der Waals surface area contributed by atoms with Gasteiger partial charge in [0.15, 0.2) is 0 Å². The number of benzene rings is 7. The molecule has 6 heteroatoms. The molecule has 60 heavy (non-hydrogen) atoms. The van der Waals surface area contributed by atoms with E-state index in [9.17, 15) is 0 Å². The number of nitrogens with one attached hydrogen (secondary N) is 1. The van der Waals surface area contributed by atoms with Crippen LogP contribution < -0.4 is 22.5 Å². The topological polar surface area (TPSA) is 99.9 Å². The van der Waals surface area contributed by atoms with Gasteiger partial charge in [-0.1, -0.05) is 172 Å². The SMILES string of the molecule is C/C=C\C.CC/C=C\C=C(/N)n1c2ccccc2c2cc3c4ccc5ccccc5c4n(-c4ccccc4)c3cc21.CCN.NC(NCc1ccccc1)c1ccccc1. The number of nitrogens with two attached hydrogens (primary N) is 3. The van der Waals surface area contributed by atoms with Gasteiger partial charge in [0.25, 0.3) is 0 Å². The maximum atomic E-state index is 6.72. The minimum absolute atomic E-state index is 0.110. The van der Waals surface area contributed by atoms with Crippen LogP contribution in [0.5, 0.6) is 0 Å². The largest absolute Gasteiger partial charge is 0.385 e. The number of allylic oxidation sites excluding steroid dienone is 5. The molecular formula is C54H58N6. The lowest BCUT2D eigenvalue weighted by molar-refractivity contribution is 0.552. The quantitative estimate of drug-likeness (QED) is 0.0699. The fourth-order valence-electron chi connectivity index (χ4n) is 7.34. The standard InChI is InChI=1S/C34H27N3.C14H16N2.C4H8.C2H7N/c1-2-3-5-18-33(35)37-30-17-11-10-16-26(30)28-21-29-27-20-19-23-12-8-9-15-25(23)34(27)36(31(29)22-32(28)37)24-13-6-4-7-14-24;15-14(13-9-5-2-6-10-13)16-11-12-7-3-1-4-8-12;1-3-4-2;1-2-3/h3-22H,2,35H2,1H3;1-10,14,16H,11,15H2;3-4H,1-2H3;2-3H2,1H3/b5-3-,33-18+;;4-3-;. The van der Waals surface area contributed by atoms with Crippen molar-refractivity contribution < 1.29 is 0 Å². The van der Waals surface area contributed by atoms with E-state index in [0.717, 1.165) is 41.8 Å². The first-order valence-electron chi connectivity index (χ1n) is 20.9. The Kier molecular flexibility index (Phi) is 15.3. The van der Waals surface area contributed by atoms with Crippen molar-refractivity contribution in [1.29, 1.82) is 0 Å². The zero-order valence-corrected chi connectivity index (χ0v) is 35.3. The molecule has 0 amide bonds. The average molecular weight is 791 g/mol. The summed E-state index contributed by atoms with van der Waals surface area (Å²) in [7, 11) is 0. The van der Waals surface area contributed by atoms with Crippen LogP contribution in [0.1, 0.15) is 51.4 Å². The predicted molar refractivity (Wildman–Crippen MR) is 261 cm³/mol. The maximum absolute atomic E-state index is 6.72.